The van der Waals surface area contributed by atoms with Crippen LogP contribution in [-0.2, 0) is 43.0 Å². The van der Waals surface area contributed by atoms with Crippen LogP contribution in [0.4, 0.5) is 51.1 Å². The van der Waals surface area contributed by atoms with E-state index in [1.54, 1.807) is 13.8 Å². The third-order valence-corrected chi connectivity index (χ3v) is 8.19. The summed E-state index contributed by atoms with van der Waals surface area (Å²) in [5, 5.41) is 21.2. The number of alkyl halides is 9. The predicted molar refractivity (Wildman–Crippen MR) is 159 cm³/mol. The molecule has 1 fully saturated rings. The summed E-state index contributed by atoms with van der Waals surface area (Å²) in [4.78, 5) is 15.5. The summed E-state index contributed by atoms with van der Waals surface area (Å²) in [6.45, 7) is 3.37. The Morgan fingerprint density at radius 2 is 1.42 bits per heavy atom. The van der Waals surface area contributed by atoms with Gasteiger partial charge in [-0.05, 0) is 98.2 Å². The minimum absolute atomic E-state index is 0. The van der Waals surface area contributed by atoms with Gasteiger partial charge in [-0.15, -0.1) is 17.5 Å². The standard InChI is InChI=1S/C30H33F9N6O2.ClH/c1-3-43(15-18-5-7-20(8-6-18)26(46)47)25-10-9-22(28(31,32)33)13-21(25)17-44(27-40-42-45(4-2)41-27)16-19-11-23(29(34,35)36)14-24(12-19)30(37,38)39;/h9-14,18,20H,3-8,15-17H2,1-2H3,(H,46,47);1H. The molecule has 0 unspecified atom stereocenters. The average Bonchev–Trinajstić information content (AvgIpc) is 3.48. The minimum atomic E-state index is -5.11. The van der Waals surface area contributed by atoms with E-state index in [2.05, 4.69) is 15.4 Å². The third-order valence-electron chi connectivity index (χ3n) is 8.19. The maximum Gasteiger partial charge on any atom is 0.416 e. The molecule has 0 bridgehead atoms. The summed E-state index contributed by atoms with van der Waals surface area (Å²) < 4.78 is 123. The molecule has 0 aliphatic heterocycles. The Kier molecular flexibility index (Phi) is 12.3. The van der Waals surface area contributed by atoms with Crippen molar-refractivity contribution >= 4 is 30.0 Å². The largest absolute Gasteiger partial charge is 0.481 e. The lowest BCUT2D eigenvalue weighted by Gasteiger charge is -2.34. The summed E-state index contributed by atoms with van der Waals surface area (Å²) in [7, 11) is 0. The van der Waals surface area contributed by atoms with Crippen LogP contribution in [0, 0.1) is 11.8 Å². The number of hydrogen-bond acceptors (Lipinski definition) is 6. The lowest BCUT2D eigenvalue weighted by Crippen LogP contribution is -2.34. The average molecular weight is 717 g/mol. The van der Waals surface area contributed by atoms with Gasteiger partial charge in [-0.2, -0.15) is 44.3 Å². The molecule has 18 heteroatoms. The first kappa shape index (κ1) is 38.7. The molecule has 48 heavy (non-hydrogen) atoms. The number of aromatic nitrogens is 4. The number of tetrazole rings is 1. The number of carboxylic acids is 1. The van der Waals surface area contributed by atoms with Crippen LogP contribution in [0.1, 0.15) is 67.3 Å². The molecule has 1 heterocycles. The van der Waals surface area contributed by atoms with E-state index in [0.29, 0.717) is 56.6 Å². The van der Waals surface area contributed by atoms with Crippen LogP contribution in [0.25, 0.3) is 0 Å². The van der Waals surface area contributed by atoms with Crippen LogP contribution >= 0.6 is 12.4 Å². The Hall–Kier alpha value is -3.76. The Morgan fingerprint density at radius 1 is 0.833 bits per heavy atom. The van der Waals surface area contributed by atoms with Crippen molar-refractivity contribution in [1.29, 1.82) is 0 Å². The molecule has 0 amide bonds. The molecule has 0 radical (unpaired) electrons. The van der Waals surface area contributed by atoms with Crippen LogP contribution < -0.4 is 9.80 Å². The van der Waals surface area contributed by atoms with Crippen molar-refractivity contribution in [2.24, 2.45) is 11.8 Å². The Labute approximate surface area is 276 Å². The van der Waals surface area contributed by atoms with Gasteiger partial charge in [0.2, 0.25) is 0 Å². The first-order chi connectivity index (χ1) is 21.9. The lowest BCUT2D eigenvalue weighted by atomic mass is 9.81. The fourth-order valence-corrected chi connectivity index (χ4v) is 5.73. The van der Waals surface area contributed by atoms with Gasteiger partial charge in [0.05, 0.1) is 29.2 Å². The SMILES string of the molecule is CCN(CC1CCC(C(=O)O)CC1)c1ccc(C(F)(F)F)cc1CN(Cc1cc(C(F)(F)F)cc(C(F)(F)F)c1)c1nnn(CC)n1.Cl. The second-order valence-electron chi connectivity index (χ2n) is 11.5. The van der Waals surface area contributed by atoms with E-state index in [-0.39, 0.29) is 42.4 Å². The van der Waals surface area contributed by atoms with Crippen molar-refractivity contribution in [2.45, 2.75) is 77.7 Å². The molecule has 2 aromatic carbocycles. The first-order valence-corrected chi connectivity index (χ1v) is 14.9. The van der Waals surface area contributed by atoms with Crippen molar-refractivity contribution < 1.29 is 49.4 Å². The molecule has 3 aromatic rings. The van der Waals surface area contributed by atoms with E-state index in [0.717, 1.165) is 16.9 Å². The number of nitrogens with zero attached hydrogens (tertiary/aromatic N) is 6. The number of aliphatic carboxylic acids is 1. The summed E-state index contributed by atoms with van der Waals surface area (Å²) in [6, 6.07) is 4.17. The number of benzene rings is 2. The molecular formula is C30H34ClF9N6O2. The number of carboxylic acid groups (broad SMARTS) is 1. The maximum absolute atomic E-state index is 13.9. The lowest BCUT2D eigenvalue weighted by molar-refractivity contribution is -0.144. The van der Waals surface area contributed by atoms with Crippen molar-refractivity contribution in [3.05, 3.63) is 64.2 Å². The van der Waals surface area contributed by atoms with Crippen molar-refractivity contribution in [2.75, 3.05) is 22.9 Å². The normalized spacial score (nSPS) is 17.1. The zero-order valence-electron chi connectivity index (χ0n) is 25.8. The predicted octanol–water partition coefficient (Wildman–Crippen LogP) is 8.10. The summed E-state index contributed by atoms with van der Waals surface area (Å²) in [5.74, 6) is -1.50. The number of carbonyl (C=O) groups is 1. The van der Waals surface area contributed by atoms with Crippen LogP contribution in [0.5, 0.6) is 0 Å². The van der Waals surface area contributed by atoms with Gasteiger partial charge in [-0.1, -0.05) is 5.10 Å². The second kappa shape index (κ2) is 15.2. The van der Waals surface area contributed by atoms with E-state index in [1.165, 1.54) is 11.0 Å². The molecule has 0 atom stereocenters. The molecule has 1 saturated carbocycles. The van der Waals surface area contributed by atoms with Gasteiger partial charge in [0, 0.05) is 31.9 Å². The quantitative estimate of drug-likeness (QED) is 0.201. The van der Waals surface area contributed by atoms with Crippen molar-refractivity contribution in [3.63, 3.8) is 0 Å². The number of aryl methyl sites for hydroxylation is 1. The van der Waals surface area contributed by atoms with Crippen LogP contribution in [-0.4, -0.2) is 44.4 Å². The van der Waals surface area contributed by atoms with Gasteiger partial charge >= 0.3 is 24.5 Å². The van der Waals surface area contributed by atoms with E-state index in [4.69, 9.17) is 0 Å². The molecule has 1 N–H and O–H groups in total. The van der Waals surface area contributed by atoms with Gasteiger partial charge in [0.25, 0.3) is 5.95 Å². The zero-order chi connectivity index (χ0) is 34.7. The highest BCUT2D eigenvalue weighted by Gasteiger charge is 2.37. The maximum atomic E-state index is 13.9. The van der Waals surface area contributed by atoms with Gasteiger partial charge in [0.15, 0.2) is 0 Å². The smallest absolute Gasteiger partial charge is 0.416 e. The van der Waals surface area contributed by atoms with Crippen LogP contribution in [0.3, 0.4) is 0 Å². The number of hydrogen-bond donors (Lipinski definition) is 1. The highest BCUT2D eigenvalue weighted by atomic mass is 35.5. The second-order valence-corrected chi connectivity index (χ2v) is 11.5. The van der Waals surface area contributed by atoms with E-state index < -0.39 is 65.8 Å². The van der Waals surface area contributed by atoms with Gasteiger partial charge < -0.3 is 14.9 Å². The number of halogens is 10. The van der Waals surface area contributed by atoms with Crippen LogP contribution in [0.2, 0.25) is 0 Å². The molecule has 1 aliphatic carbocycles. The Balaban J connectivity index is 0.00000625. The molecule has 1 aliphatic rings. The van der Waals surface area contributed by atoms with E-state index in [9.17, 15) is 49.4 Å². The number of rotatable bonds is 11. The fraction of sp³-hybridized carbons (Fsp3) is 0.533. The third kappa shape index (κ3) is 9.66. The van der Waals surface area contributed by atoms with Gasteiger partial charge in [-0.25, -0.2) is 0 Å². The molecule has 0 spiro atoms. The van der Waals surface area contributed by atoms with E-state index >= 15 is 0 Å². The number of anilines is 2. The highest BCUT2D eigenvalue weighted by molar-refractivity contribution is 5.85. The summed E-state index contributed by atoms with van der Waals surface area (Å²) in [6.07, 6.45) is -12.9. The fourth-order valence-electron chi connectivity index (χ4n) is 5.73. The monoisotopic (exact) mass is 716 g/mol. The molecular weight excluding hydrogens is 683 g/mol. The van der Waals surface area contributed by atoms with E-state index in [1.807, 2.05) is 4.90 Å². The van der Waals surface area contributed by atoms with Gasteiger partial charge in [-0.3, -0.25) is 4.79 Å². The zero-order valence-corrected chi connectivity index (χ0v) is 26.6. The van der Waals surface area contributed by atoms with Crippen molar-refractivity contribution in [1.82, 2.24) is 20.2 Å². The van der Waals surface area contributed by atoms with Crippen LogP contribution in [0.15, 0.2) is 36.4 Å². The highest BCUT2D eigenvalue weighted by Crippen LogP contribution is 2.38. The van der Waals surface area contributed by atoms with Gasteiger partial charge in [0.1, 0.15) is 0 Å². The molecule has 4 rings (SSSR count). The minimum Gasteiger partial charge on any atom is -0.481 e. The molecule has 8 nitrogen and oxygen atoms in total. The van der Waals surface area contributed by atoms with Crippen molar-refractivity contribution in [3.8, 4) is 0 Å². The first-order valence-electron chi connectivity index (χ1n) is 14.9. The summed E-state index contributed by atoms with van der Waals surface area (Å²) in [5.41, 5.74) is -4.05. The molecule has 0 saturated heterocycles. The molecule has 1 aromatic heterocycles. The molecule has 266 valence electrons. The Bertz CT molecular complexity index is 1500. The Morgan fingerprint density at radius 3 is 1.90 bits per heavy atom. The summed E-state index contributed by atoms with van der Waals surface area (Å²) >= 11 is 0. The topological polar surface area (TPSA) is 87.4 Å².